The van der Waals surface area contributed by atoms with Crippen molar-refractivity contribution >= 4 is 56.9 Å². The molecule has 1 amide bonds. The molecule has 3 heterocycles. The number of aromatic nitrogens is 2. The predicted octanol–water partition coefficient (Wildman–Crippen LogP) is 8.18. The maximum Gasteiger partial charge on any atom is 0.269 e. The van der Waals surface area contributed by atoms with Gasteiger partial charge in [0.25, 0.3) is 11.6 Å². The molecule has 0 saturated carbocycles. The van der Waals surface area contributed by atoms with Crippen LogP contribution in [0.15, 0.2) is 95.0 Å². The second kappa shape index (κ2) is 13.1. The number of nitro groups is 1. The van der Waals surface area contributed by atoms with Crippen molar-refractivity contribution in [2.45, 2.75) is 34.1 Å². The Balaban J connectivity index is 1.31. The molecule has 1 fully saturated rings. The molecule has 0 atom stereocenters. The summed E-state index contributed by atoms with van der Waals surface area (Å²) in [6, 6.07) is 24.9. The number of carbonyl (C=O) groups is 1. The zero-order chi connectivity index (χ0) is 32.4. The second-order valence-electron chi connectivity index (χ2n) is 11.2. The molecule has 5 aromatic rings. The van der Waals surface area contributed by atoms with Crippen molar-refractivity contribution in [2.75, 3.05) is 24.5 Å². The highest BCUT2D eigenvalue weighted by molar-refractivity contribution is 8.18. The molecule has 0 spiro atoms. The van der Waals surface area contributed by atoms with Crippen molar-refractivity contribution < 1.29 is 9.72 Å². The molecule has 1 aliphatic heterocycles. The van der Waals surface area contributed by atoms with Gasteiger partial charge in [-0.2, -0.15) is 0 Å². The summed E-state index contributed by atoms with van der Waals surface area (Å²) < 4.78 is 2.21. The first-order valence-corrected chi connectivity index (χ1v) is 16.2. The van der Waals surface area contributed by atoms with Crippen molar-refractivity contribution in [3.05, 3.63) is 123 Å². The number of amides is 1. The number of nitrogens with zero attached hydrogens (tertiary/aromatic N) is 5. The highest BCUT2D eigenvalue weighted by Gasteiger charge is 2.33. The van der Waals surface area contributed by atoms with Gasteiger partial charge >= 0.3 is 0 Å². The lowest BCUT2D eigenvalue weighted by Gasteiger charge is -2.21. The van der Waals surface area contributed by atoms with Crippen LogP contribution in [0.3, 0.4) is 0 Å². The summed E-state index contributed by atoms with van der Waals surface area (Å²) in [5, 5.41) is 12.8. The van der Waals surface area contributed by atoms with Gasteiger partial charge in [0.2, 0.25) is 0 Å². The van der Waals surface area contributed by atoms with Gasteiger partial charge in [-0.25, -0.2) is 4.99 Å². The third-order valence-corrected chi connectivity index (χ3v) is 9.45. The summed E-state index contributed by atoms with van der Waals surface area (Å²) in [5.74, 6) is -0.112. The molecule has 46 heavy (non-hydrogen) atoms. The Hall–Kier alpha value is -5.09. The van der Waals surface area contributed by atoms with Crippen LogP contribution in [0.25, 0.3) is 22.7 Å². The van der Waals surface area contributed by atoms with Gasteiger partial charge in [0.1, 0.15) is 0 Å². The summed E-state index contributed by atoms with van der Waals surface area (Å²) >= 11 is 1.33. The third kappa shape index (κ3) is 6.08. The van der Waals surface area contributed by atoms with E-state index in [0.29, 0.717) is 28.7 Å². The van der Waals surface area contributed by atoms with Gasteiger partial charge < -0.3 is 14.5 Å². The average molecular weight is 633 g/mol. The van der Waals surface area contributed by atoms with E-state index in [-0.39, 0.29) is 11.6 Å². The van der Waals surface area contributed by atoms with Crippen LogP contribution < -0.4 is 4.90 Å². The predicted molar refractivity (Wildman–Crippen MR) is 188 cm³/mol. The smallest absolute Gasteiger partial charge is 0.269 e. The number of nitrogens with one attached hydrogen (secondary N) is 1. The topological polar surface area (TPSA) is 99.8 Å². The molecule has 10 heteroatoms. The molecule has 0 aliphatic carbocycles. The van der Waals surface area contributed by atoms with Gasteiger partial charge in [-0.1, -0.05) is 18.2 Å². The van der Waals surface area contributed by atoms with Crippen molar-refractivity contribution in [3.63, 3.8) is 0 Å². The number of carbonyl (C=O) groups excluding carboxylic acids is 1. The molecule has 0 bridgehead atoms. The first-order valence-electron chi connectivity index (χ1n) is 15.4. The number of nitro benzene ring substituents is 1. The van der Waals surface area contributed by atoms with Gasteiger partial charge in [0.05, 0.1) is 15.5 Å². The van der Waals surface area contributed by atoms with E-state index >= 15 is 0 Å². The lowest BCUT2D eigenvalue weighted by Crippen LogP contribution is -2.31. The summed E-state index contributed by atoms with van der Waals surface area (Å²) in [5.41, 5.74) is 8.06. The molecule has 1 saturated heterocycles. The SMILES string of the molecule is CCN(CC)c1ccc(-n2c(C)cc(/C=C3\SC(=Nc4ccc([N+](=O)[O-])cc4)N(CCc4c[nH]c5ccccc45)C3=O)c2C)cc1. The number of fused-ring (bicyclic) bond motifs is 1. The number of non-ortho nitro benzene ring substituents is 1. The minimum absolute atomic E-state index is 0.00562. The quantitative estimate of drug-likeness (QED) is 0.0951. The summed E-state index contributed by atoms with van der Waals surface area (Å²) in [6.07, 6.45) is 4.58. The van der Waals surface area contributed by atoms with E-state index in [1.807, 2.05) is 30.5 Å². The minimum atomic E-state index is -0.436. The van der Waals surface area contributed by atoms with E-state index in [1.165, 1.54) is 29.6 Å². The molecule has 3 aromatic carbocycles. The summed E-state index contributed by atoms with van der Waals surface area (Å²) in [7, 11) is 0. The molecule has 2 aromatic heterocycles. The summed E-state index contributed by atoms with van der Waals surface area (Å²) in [6.45, 7) is 10.8. The lowest BCUT2D eigenvalue weighted by molar-refractivity contribution is -0.384. The fourth-order valence-corrected chi connectivity index (χ4v) is 7.01. The van der Waals surface area contributed by atoms with Crippen molar-refractivity contribution in [3.8, 4) is 5.69 Å². The third-order valence-electron chi connectivity index (χ3n) is 8.45. The van der Waals surface area contributed by atoms with E-state index < -0.39 is 4.92 Å². The van der Waals surface area contributed by atoms with Crippen LogP contribution in [0.1, 0.15) is 36.4 Å². The first-order chi connectivity index (χ1) is 22.3. The lowest BCUT2D eigenvalue weighted by atomic mass is 10.1. The fourth-order valence-electron chi connectivity index (χ4n) is 5.99. The van der Waals surface area contributed by atoms with E-state index in [4.69, 9.17) is 4.99 Å². The van der Waals surface area contributed by atoms with Crippen LogP contribution in [0.4, 0.5) is 17.1 Å². The van der Waals surface area contributed by atoms with Gasteiger partial charge in [0.15, 0.2) is 5.17 Å². The monoisotopic (exact) mass is 632 g/mol. The standard InChI is InChI=1S/C36H36N6O3S/c1-5-39(6-2)29-15-17-30(18-16-29)41-24(3)21-27(25(41)4)22-34-35(43)40(20-19-26-23-37-33-10-8-7-9-32(26)33)36(46-34)38-28-11-13-31(14-12-28)42(44)45/h7-18,21-23,37H,5-6,19-20H2,1-4H3/b34-22-,38-36?. The Bertz CT molecular complexity index is 1970. The molecule has 234 valence electrons. The number of H-pyrrole nitrogens is 1. The zero-order valence-corrected chi connectivity index (χ0v) is 27.2. The molecule has 0 unspecified atom stereocenters. The largest absolute Gasteiger partial charge is 0.372 e. The number of hydrogen-bond donors (Lipinski definition) is 1. The maximum atomic E-state index is 14.0. The highest BCUT2D eigenvalue weighted by atomic mass is 32.2. The molecule has 9 nitrogen and oxygen atoms in total. The Morgan fingerprint density at radius 3 is 2.41 bits per heavy atom. The average Bonchev–Trinajstić information content (AvgIpc) is 3.69. The zero-order valence-electron chi connectivity index (χ0n) is 26.4. The number of thioether (sulfide) groups is 1. The number of aryl methyl sites for hydroxylation is 1. The van der Waals surface area contributed by atoms with Crippen molar-refractivity contribution in [1.82, 2.24) is 14.5 Å². The van der Waals surface area contributed by atoms with Crippen LogP contribution in [-0.4, -0.2) is 50.1 Å². The van der Waals surface area contributed by atoms with Gasteiger partial charge in [-0.05, 0) is 112 Å². The van der Waals surface area contributed by atoms with Crippen molar-refractivity contribution in [1.29, 1.82) is 0 Å². The first kappa shape index (κ1) is 30.9. The fraction of sp³-hybridized carbons (Fsp3) is 0.222. The van der Waals surface area contributed by atoms with Gasteiger partial charge in [-0.15, -0.1) is 0 Å². The number of para-hydroxylation sites is 1. The van der Waals surface area contributed by atoms with Crippen molar-refractivity contribution in [2.24, 2.45) is 4.99 Å². The second-order valence-corrected chi connectivity index (χ2v) is 12.2. The molecule has 0 radical (unpaired) electrons. The minimum Gasteiger partial charge on any atom is -0.372 e. The molecule has 6 rings (SSSR count). The van der Waals surface area contributed by atoms with E-state index in [2.05, 4.69) is 78.5 Å². The number of hydrogen-bond acceptors (Lipinski definition) is 6. The Morgan fingerprint density at radius 2 is 1.72 bits per heavy atom. The number of amidine groups is 1. The molecular formula is C36H36N6O3S. The van der Waals surface area contributed by atoms with E-state index in [1.54, 1.807) is 17.0 Å². The number of rotatable bonds is 10. The van der Waals surface area contributed by atoms with E-state index in [0.717, 1.165) is 52.2 Å². The molecular weight excluding hydrogens is 597 g/mol. The number of aromatic amines is 1. The molecule has 1 aliphatic rings. The maximum absolute atomic E-state index is 14.0. The Morgan fingerprint density at radius 1 is 1.00 bits per heavy atom. The highest BCUT2D eigenvalue weighted by Crippen LogP contribution is 2.36. The van der Waals surface area contributed by atoms with Crippen LogP contribution in [-0.2, 0) is 11.2 Å². The number of aliphatic imine (C=N–C) groups is 1. The van der Waals surface area contributed by atoms with Crippen LogP contribution in [0, 0.1) is 24.0 Å². The Labute approximate surface area is 272 Å². The van der Waals surface area contributed by atoms with E-state index in [9.17, 15) is 14.9 Å². The summed E-state index contributed by atoms with van der Waals surface area (Å²) in [4.78, 5) is 37.4. The van der Waals surface area contributed by atoms with Crippen LogP contribution in [0.5, 0.6) is 0 Å². The normalized spacial score (nSPS) is 15.0. The van der Waals surface area contributed by atoms with Crippen LogP contribution >= 0.6 is 11.8 Å². The van der Waals surface area contributed by atoms with Gasteiger partial charge in [0, 0.05) is 71.6 Å². The number of benzene rings is 3. The van der Waals surface area contributed by atoms with Gasteiger partial charge in [-0.3, -0.25) is 19.8 Å². The van der Waals surface area contributed by atoms with Crippen LogP contribution in [0.2, 0.25) is 0 Å². The molecule has 1 N–H and O–H groups in total. The number of anilines is 1. The Kier molecular flexibility index (Phi) is 8.81.